The zero-order valence-electron chi connectivity index (χ0n) is 16.9. The Labute approximate surface area is 180 Å². The second-order valence-electron chi connectivity index (χ2n) is 6.31. The fourth-order valence-electron chi connectivity index (χ4n) is 2.67. The van der Waals surface area contributed by atoms with Gasteiger partial charge < -0.3 is 9.47 Å². The Balaban J connectivity index is 1.62. The van der Waals surface area contributed by atoms with Gasteiger partial charge in [0.1, 0.15) is 0 Å². The summed E-state index contributed by atoms with van der Waals surface area (Å²) in [5.41, 5.74) is 3.81. The van der Waals surface area contributed by atoms with Gasteiger partial charge in [-0.2, -0.15) is 5.10 Å². The van der Waals surface area contributed by atoms with Crippen LogP contribution in [0.25, 0.3) is 0 Å². The number of benzene rings is 3. The van der Waals surface area contributed by atoms with Crippen molar-refractivity contribution in [2.24, 2.45) is 5.10 Å². The highest BCUT2D eigenvalue weighted by molar-refractivity contribution is 7.92. The minimum absolute atomic E-state index is 0.154. The van der Waals surface area contributed by atoms with Crippen molar-refractivity contribution < 1.29 is 22.7 Å². The first-order valence-electron chi connectivity index (χ1n) is 9.16. The minimum Gasteiger partial charge on any atom is -0.493 e. The molecule has 0 spiro atoms. The fourth-order valence-corrected chi connectivity index (χ4v) is 3.75. The Morgan fingerprint density at radius 3 is 2.23 bits per heavy atom. The Hall–Kier alpha value is -3.85. The molecule has 0 saturated heterocycles. The standard InChI is InChI=1S/C22H21N3O5S/c1-29-20-13-8-16(14-21(20)30-2)15-23-24-22(26)17-9-11-18(12-10-17)25-31(27,28)19-6-4-3-5-7-19/h3-15,25H,1-2H3,(H,24,26)/b23-15+. The number of rotatable bonds is 8. The number of hydrogen-bond donors (Lipinski definition) is 2. The highest BCUT2D eigenvalue weighted by atomic mass is 32.2. The van der Waals surface area contributed by atoms with Crippen LogP contribution in [-0.2, 0) is 10.0 Å². The molecule has 0 aliphatic heterocycles. The van der Waals surface area contributed by atoms with E-state index in [1.807, 2.05) is 0 Å². The van der Waals surface area contributed by atoms with E-state index in [1.165, 1.54) is 49.7 Å². The molecule has 0 aliphatic carbocycles. The molecule has 0 bridgehead atoms. The first-order valence-corrected chi connectivity index (χ1v) is 10.6. The minimum atomic E-state index is -3.70. The quantitative estimate of drug-likeness (QED) is 0.414. The highest BCUT2D eigenvalue weighted by Crippen LogP contribution is 2.26. The average molecular weight is 439 g/mol. The predicted molar refractivity (Wildman–Crippen MR) is 118 cm³/mol. The van der Waals surface area contributed by atoms with Crippen molar-refractivity contribution in [3.63, 3.8) is 0 Å². The summed E-state index contributed by atoms with van der Waals surface area (Å²) in [6.07, 6.45) is 1.47. The normalized spacial score (nSPS) is 11.2. The van der Waals surface area contributed by atoms with E-state index in [1.54, 1.807) is 43.5 Å². The van der Waals surface area contributed by atoms with Crippen molar-refractivity contribution in [2.45, 2.75) is 4.90 Å². The predicted octanol–water partition coefficient (Wildman–Crippen LogP) is 3.27. The Kier molecular flexibility index (Phi) is 6.88. The van der Waals surface area contributed by atoms with Crippen LogP contribution < -0.4 is 19.6 Å². The molecule has 1 amide bonds. The molecule has 0 fully saturated rings. The largest absolute Gasteiger partial charge is 0.493 e. The number of ether oxygens (including phenoxy) is 2. The van der Waals surface area contributed by atoms with Gasteiger partial charge in [-0.15, -0.1) is 0 Å². The lowest BCUT2D eigenvalue weighted by molar-refractivity contribution is 0.0955. The Morgan fingerprint density at radius 1 is 0.903 bits per heavy atom. The van der Waals surface area contributed by atoms with Crippen molar-refractivity contribution in [1.82, 2.24) is 5.43 Å². The maximum absolute atomic E-state index is 12.4. The topological polar surface area (TPSA) is 106 Å². The van der Waals surface area contributed by atoms with Crippen LogP contribution in [0.1, 0.15) is 15.9 Å². The van der Waals surface area contributed by atoms with Crippen LogP contribution in [0.3, 0.4) is 0 Å². The molecule has 0 unspecified atom stereocenters. The molecule has 0 atom stereocenters. The average Bonchev–Trinajstić information content (AvgIpc) is 2.79. The second kappa shape index (κ2) is 9.77. The van der Waals surface area contributed by atoms with E-state index in [-0.39, 0.29) is 4.90 Å². The van der Waals surface area contributed by atoms with Gasteiger partial charge in [-0.05, 0) is 60.2 Å². The number of carbonyl (C=O) groups excluding carboxylic acids is 1. The van der Waals surface area contributed by atoms with Crippen LogP contribution >= 0.6 is 0 Å². The third-order valence-corrected chi connectivity index (χ3v) is 5.64. The van der Waals surface area contributed by atoms with Gasteiger partial charge in [-0.3, -0.25) is 9.52 Å². The van der Waals surface area contributed by atoms with Crippen molar-refractivity contribution >= 4 is 27.8 Å². The summed E-state index contributed by atoms with van der Waals surface area (Å²) >= 11 is 0. The number of nitrogens with one attached hydrogen (secondary N) is 2. The molecule has 9 heteroatoms. The van der Waals surface area contributed by atoms with Crippen molar-refractivity contribution in [3.05, 3.63) is 83.9 Å². The van der Waals surface area contributed by atoms with Gasteiger partial charge in [0.05, 0.1) is 25.3 Å². The zero-order valence-corrected chi connectivity index (χ0v) is 17.7. The first kappa shape index (κ1) is 21.8. The van der Waals surface area contributed by atoms with Gasteiger partial charge in [0.2, 0.25) is 0 Å². The van der Waals surface area contributed by atoms with Crippen LogP contribution in [0.4, 0.5) is 5.69 Å². The van der Waals surface area contributed by atoms with Gasteiger partial charge in [0, 0.05) is 11.3 Å². The smallest absolute Gasteiger partial charge is 0.271 e. The summed E-state index contributed by atoms with van der Waals surface area (Å²) in [6.45, 7) is 0. The van der Waals surface area contributed by atoms with Gasteiger partial charge in [-0.1, -0.05) is 18.2 Å². The van der Waals surface area contributed by atoms with E-state index < -0.39 is 15.9 Å². The number of anilines is 1. The summed E-state index contributed by atoms with van der Waals surface area (Å²) in [7, 11) is -0.618. The molecule has 0 aliphatic rings. The molecule has 0 aromatic heterocycles. The van der Waals surface area contributed by atoms with Crippen LogP contribution in [0.5, 0.6) is 11.5 Å². The number of carbonyl (C=O) groups is 1. The zero-order chi connectivity index (χ0) is 22.3. The first-order chi connectivity index (χ1) is 14.9. The van der Waals surface area contributed by atoms with Crippen LogP contribution in [0.15, 0.2) is 82.8 Å². The van der Waals surface area contributed by atoms with Crippen LogP contribution in [0, 0.1) is 0 Å². The number of nitrogens with zero attached hydrogens (tertiary/aromatic N) is 1. The molecule has 3 rings (SSSR count). The van der Waals surface area contributed by atoms with E-state index in [4.69, 9.17) is 9.47 Å². The molecule has 31 heavy (non-hydrogen) atoms. The molecule has 0 saturated carbocycles. The lowest BCUT2D eigenvalue weighted by atomic mass is 10.2. The summed E-state index contributed by atoms with van der Waals surface area (Å²) in [5, 5.41) is 3.94. The van der Waals surface area contributed by atoms with Crippen LogP contribution in [-0.4, -0.2) is 34.8 Å². The number of sulfonamides is 1. The van der Waals surface area contributed by atoms with Gasteiger partial charge >= 0.3 is 0 Å². The van der Waals surface area contributed by atoms with E-state index in [0.717, 1.165) is 0 Å². The summed E-state index contributed by atoms with van der Waals surface area (Å²) in [5.74, 6) is 0.701. The molecule has 8 nitrogen and oxygen atoms in total. The maximum atomic E-state index is 12.4. The fraction of sp³-hybridized carbons (Fsp3) is 0.0909. The van der Waals surface area contributed by atoms with E-state index in [2.05, 4.69) is 15.2 Å². The molecular weight excluding hydrogens is 418 g/mol. The van der Waals surface area contributed by atoms with Gasteiger partial charge in [0.15, 0.2) is 11.5 Å². The number of methoxy groups -OCH3 is 2. The number of hydrazone groups is 1. The summed E-state index contributed by atoms with van der Waals surface area (Å²) in [6, 6.07) is 19.3. The Bertz CT molecular complexity index is 1180. The summed E-state index contributed by atoms with van der Waals surface area (Å²) in [4.78, 5) is 12.4. The van der Waals surface area contributed by atoms with E-state index in [9.17, 15) is 13.2 Å². The Morgan fingerprint density at radius 2 is 1.58 bits per heavy atom. The maximum Gasteiger partial charge on any atom is 0.271 e. The van der Waals surface area contributed by atoms with Crippen molar-refractivity contribution in [2.75, 3.05) is 18.9 Å². The third kappa shape index (κ3) is 5.61. The molecule has 160 valence electrons. The van der Waals surface area contributed by atoms with Crippen LogP contribution in [0.2, 0.25) is 0 Å². The lowest BCUT2D eigenvalue weighted by Crippen LogP contribution is -2.18. The summed E-state index contributed by atoms with van der Waals surface area (Å²) < 4.78 is 37.6. The number of amides is 1. The molecule has 3 aromatic rings. The lowest BCUT2D eigenvalue weighted by Gasteiger charge is -2.08. The van der Waals surface area contributed by atoms with Crippen molar-refractivity contribution in [1.29, 1.82) is 0 Å². The SMILES string of the molecule is COc1ccc(/C=N/NC(=O)c2ccc(NS(=O)(=O)c3ccccc3)cc2)cc1OC. The number of hydrogen-bond acceptors (Lipinski definition) is 6. The highest BCUT2D eigenvalue weighted by Gasteiger charge is 2.13. The molecule has 0 heterocycles. The third-order valence-electron chi connectivity index (χ3n) is 4.24. The second-order valence-corrected chi connectivity index (χ2v) is 7.99. The monoisotopic (exact) mass is 439 g/mol. The molecular formula is C22H21N3O5S. The molecule has 3 aromatic carbocycles. The van der Waals surface area contributed by atoms with E-state index in [0.29, 0.717) is 28.3 Å². The van der Waals surface area contributed by atoms with E-state index >= 15 is 0 Å². The van der Waals surface area contributed by atoms with Gasteiger partial charge in [-0.25, -0.2) is 13.8 Å². The molecule has 2 N–H and O–H groups in total. The van der Waals surface area contributed by atoms with Gasteiger partial charge in [0.25, 0.3) is 15.9 Å². The van der Waals surface area contributed by atoms with Crippen molar-refractivity contribution in [3.8, 4) is 11.5 Å². The molecule has 0 radical (unpaired) electrons.